The zero-order chi connectivity index (χ0) is 17.7. The zero-order valence-corrected chi connectivity index (χ0v) is 15.2. The van der Waals surface area contributed by atoms with E-state index in [1.807, 2.05) is 0 Å². The molecule has 0 spiro atoms. The van der Waals surface area contributed by atoms with Gasteiger partial charge in [0.05, 0.1) is 5.02 Å². The van der Waals surface area contributed by atoms with Gasteiger partial charge in [-0.25, -0.2) is 13.1 Å². The maximum atomic E-state index is 12.1. The highest BCUT2D eigenvalue weighted by molar-refractivity contribution is 7.89. The van der Waals surface area contributed by atoms with E-state index < -0.39 is 10.0 Å². The third-order valence-electron chi connectivity index (χ3n) is 3.31. The molecule has 0 fully saturated rings. The lowest BCUT2D eigenvalue weighted by atomic mass is 10.2. The van der Waals surface area contributed by atoms with Crippen molar-refractivity contribution in [3.63, 3.8) is 0 Å². The fourth-order valence-corrected chi connectivity index (χ4v) is 3.72. The fraction of sp³-hybridized carbons (Fsp3) is 0.188. The van der Waals surface area contributed by atoms with Crippen molar-refractivity contribution >= 4 is 44.8 Å². The molecule has 0 bridgehead atoms. The van der Waals surface area contributed by atoms with Gasteiger partial charge >= 0.3 is 0 Å². The van der Waals surface area contributed by atoms with Gasteiger partial charge in [-0.2, -0.15) is 0 Å². The number of hydrogen-bond acceptors (Lipinski definition) is 3. The van der Waals surface area contributed by atoms with Crippen LogP contribution in [0.5, 0.6) is 0 Å². The summed E-state index contributed by atoms with van der Waals surface area (Å²) in [7, 11) is -3.76. The molecule has 0 atom stereocenters. The summed E-state index contributed by atoms with van der Waals surface area (Å²) in [4.78, 5) is 11.9. The Bertz CT molecular complexity index is 854. The predicted octanol–water partition coefficient (Wildman–Crippen LogP) is 3.61. The Kier molecular flexibility index (Phi) is 6.23. The van der Waals surface area contributed by atoms with Crippen molar-refractivity contribution in [1.29, 1.82) is 0 Å². The van der Waals surface area contributed by atoms with Crippen molar-refractivity contribution in [2.45, 2.75) is 18.2 Å². The maximum absolute atomic E-state index is 12.1. The summed E-state index contributed by atoms with van der Waals surface area (Å²) in [5.41, 5.74) is 1.35. The maximum Gasteiger partial charge on any atom is 0.242 e. The van der Waals surface area contributed by atoms with E-state index >= 15 is 0 Å². The number of carbonyl (C=O) groups excluding carboxylic acids is 1. The van der Waals surface area contributed by atoms with Crippen LogP contribution >= 0.6 is 23.2 Å². The molecule has 2 N–H and O–H groups in total. The highest BCUT2D eigenvalue weighted by atomic mass is 35.5. The molecule has 2 rings (SSSR count). The van der Waals surface area contributed by atoms with E-state index in [2.05, 4.69) is 10.0 Å². The lowest BCUT2D eigenvalue weighted by Crippen LogP contribution is -2.28. The van der Waals surface area contributed by atoms with Crippen molar-refractivity contribution in [2.75, 3.05) is 11.9 Å². The Morgan fingerprint density at radius 3 is 2.42 bits per heavy atom. The largest absolute Gasteiger partial charge is 0.326 e. The summed E-state index contributed by atoms with van der Waals surface area (Å²) in [6, 6.07) is 11.3. The summed E-state index contributed by atoms with van der Waals surface area (Å²) >= 11 is 11.9. The smallest absolute Gasteiger partial charge is 0.242 e. The summed E-state index contributed by atoms with van der Waals surface area (Å²) in [5, 5.41) is 3.38. The van der Waals surface area contributed by atoms with Gasteiger partial charge in [0, 0.05) is 23.7 Å². The monoisotopic (exact) mass is 386 g/mol. The molecule has 0 unspecified atom stereocenters. The number of nitrogens with one attached hydrogen (secondary N) is 2. The number of halogens is 2. The first-order valence-corrected chi connectivity index (χ1v) is 9.34. The molecule has 0 aliphatic rings. The highest BCUT2D eigenvalue weighted by Crippen LogP contribution is 2.23. The SMILES string of the molecule is Cc1c(Cl)cccc1NC(=O)CCNS(=O)(=O)c1ccccc1Cl. The van der Waals surface area contributed by atoms with E-state index in [-0.39, 0.29) is 28.8 Å². The Morgan fingerprint density at radius 2 is 1.71 bits per heavy atom. The van der Waals surface area contributed by atoms with E-state index in [4.69, 9.17) is 23.2 Å². The van der Waals surface area contributed by atoms with Crippen LogP contribution < -0.4 is 10.0 Å². The number of amides is 1. The van der Waals surface area contributed by atoms with Gasteiger partial charge in [-0.15, -0.1) is 0 Å². The van der Waals surface area contributed by atoms with Crippen LogP contribution in [0.25, 0.3) is 0 Å². The minimum absolute atomic E-state index is 0.0160. The number of rotatable bonds is 6. The Labute approximate surface area is 151 Å². The first-order chi connectivity index (χ1) is 11.3. The van der Waals surface area contributed by atoms with E-state index in [1.54, 1.807) is 37.3 Å². The Hall–Kier alpha value is -1.60. The molecular weight excluding hydrogens is 371 g/mol. The van der Waals surface area contributed by atoms with Crippen LogP contribution in [0.2, 0.25) is 10.0 Å². The second-order valence-corrected chi connectivity index (χ2v) is 7.59. The zero-order valence-electron chi connectivity index (χ0n) is 12.8. The molecule has 1 amide bonds. The minimum Gasteiger partial charge on any atom is -0.326 e. The van der Waals surface area contributed by atoms with E-state index in [0.29, 0.717) is 10.7 Å². The third-order valence-corrected chi connectivity index (χ3v) is 5.68. The van der Waals surface area contributed by atoms with Crippen LogP contribution in [-0.2, 0) is 14.8 Å². The number of sulfonamides is 1. The predicted molar refractivity (Wildman–Crippen MR) is 96.1 cm³/mol. The van der Waals surface area contributed by atoms with Gasteiger partial charge in [0.15, 0.2) is 0 Å². The molecule has 0 radical (unpaired) electrons. The fourth-order valence-electron chi connectivity index (χ4n) is 1.99. The van der Waals surface area contributed by atoms with E-state index in [1.165, 1.54) is 12.1 Å². The van der Waals surface area contributed by atoms with Gasteiger partial charge in [-0.3, -0.25) is 4.79 Å². The van der Waals surface area contributed by atoms with Gasteiger partial charge in [0.2, 0.25) is 15.9 Å². The highest BCUT2D eigenvalue weighted by Gasteiger charge is 2.17. The second kappa shape index (κ2) is 7.98. The molecule has 0 saturated carbocycles. The average Bonchev–Trinajstić information content (AvgIpc) is 2.52. The summed E-state index contributed by atoms with van der Waals surface area (Å²) < 4.78 is 26.7. The molecule has 2 aromatic carbocycles. The van der Waals surface area contributed by atoms with Gasteiger partial charge in [0.25, 0.3) is 0 Å². The summed E-state index contributed by atoms with van der Waals surface area (Å²) in [5.74, 6) is -0.317. The standard InChI is InChI=1S/C16H16Cl2N2O3S/c1-11-12(17)6-4-7-14(11)20-16(21)9-10-19-24(22,23)15-8-3-2-5-13(15)18/h2-8,19H,9-10H2,1H3,(H,20,21). The van der Waals surface area contributed by atoms with Crippen LogP contribution in [0.1, 0.15) is 12.0 Å². The minimum atomic E-state index is -3.76. The van der Waals surface area contributed by atoms with Crippen LogP contribution in [-0.4, -0.2) is 20.9 Å². The molecule has 5 nitrogen and oxygen atoms in total. The van der Waals surface area contributed by atoms with Gasteiger partial charge in [-0.1, -0.05) is 41.4 Å². The van der Waals surface area contributed by atoms with Gasteiger partial charge < -0.3 is 5.32 Å². The van der Waals surface area contributed by atoms with Crippen LogP contribution in [0.4, 0.5) is 5.69 Å². The molecule has 2 aromatic rings. The lowest BCUT2D eigenvalue weighted by Gasteiger charge is -2.10. The Balaban J connectivity index is 1.93. The number of benzene rings is 2. The lowest BCUT2D eigenvalue weighted by molar-refractivity contribution is -0.116. The number of hydrogen-bond donors (Lipinski definition) is 2. The molecule has 0 saturated heterocycles. The van der Waals surface area contributed by atoms with Crippen LogP contribution in [0.3, 0.4) is 0 Å². The van der Waals surface area contributed by atoms with Crippen LogP contribution in [0.15, 0.2) is 47.4 Å². The molecule has 0 aliphatic heterocycles. The quantitative estimate of drug-likeness (QED) is 0.795. The third kappa shape index (κ3) is 4.70. The molecule has 128 valence electrons. The number of carbonyl (C=O) groups is 1. The van der Waals surface area contributed by atoms with Crippen molar-refractivity contribution in [3.8, 4) is 0 Å². The molecule has 0 heterocycles. The van der Waals surface area contributed by atoms with Crippen molar-refractivity contribution in [1.82, 2.24) is 4.72 Å². The van der Waals surface area contributed by atoms with Gasteiger partial charge in [-0.05, 0) is 36.8 Å². The van der Waals surface area contributed by atoms with E-state index in [9.17, 15) is 13.2 Å². The van der Waals surface area contributed by atoms with Gasteiger partial charge in [0.1, 0.15) is 4.90 Å². The first-order valence-electron chi connectivity index (χ1n) is 7.10. The van der Waals surface area contributed by atoms with Crippen molar-refractivity contribution in [2.24, 2.45) is 0 Å². The summed E-state index contributed by atoms with van der Waals surface area (Å²) in [6.45, 7) is 1.75. The first kappa shape index (κ1) is 18.7. The second-order valence-electron chi connectivity index (χ2n) is 5.04. The molecule has 0 aliphatic carbocycles. The Morgan fingerprint density at radius 1 is 1.04 bits per heavy atom. The topological polar surface area (TPSA) is 75.3 Å². The average molecular weight is 387 g/mol. The normalized spacial score (nSPS) is 11.3. The number of anilines is 1. The summed E-state index contributed by atoms with van der Waals surface area (Å²) in [6.07, 6.45) is -0.0182. The van der Waals surface area contributed by atoms with Crippen molar-refractivity contribution < 1.29 is 13.2 Å². The molecule has 0 aromatic heterocycles. The molecule has 8 heteroatoms. The van der Waals surface area contributed by atoms with Crippen molar-refractivity contribution in [3.05, 3.63) is 58.1 Å². The van der Waals surface area contributed by atoms with Crippen LogP contribution in [0, 0.1) is 6.92 Å². The molecular formula is C16H16Cl2N2O3S. The van der Waals surface area contributed by atoms with E-state index in [0.717, 1.165) is 5.56 Å². The molecule has 24 heavy (non-hydrogen) atoms.